The van der Waals surface area contributed by atoms with E-state index in [9.17, 15) is 14.0 Å². The standard InChI is InChI=1S/C19H26FN5O2/c20-14-5-3-13(4-6-14)18-16(10-22-23-18)19(27)24-8-1-2-15(12-24)25-9-7-21-11-17(25)26/h3-6,15-16,18,21-23H,1-2,7-12H2. The van der Waals surface area contributed by atoms with Crippen molar-refractivity contribution in [3.63, 3.8) is 0 Å². The third kappa shape index (κ3) is 3.83. The van der Waals surface area contributed by atoms with Crippen LogP contribution in [0, 0.1) is 11.7 Å². The quantitative estimate of drug-likeness (QED) is 0.694. The minimum atomic E-state index is -0.285. The molecule has 0 radical (unpaired) electrons. The summed E-state index contributed by atoms with van der Waals surface area (Å²) >= 11 is 0. The van der Waals surface area contributed by atoms with Crippen molar-refractivity contribution in [2.24, 2.45) is 5.92 Å². The molecular formula is C19H26FN5O2. The minimum absolute atomic E-state index is 0.0918. The second-order valence-electron chi connectivity index (χ2n) is 7.51. The summed E-state index contributed by atoms with van der Waals surface area (Å²) in [7, 11) is 0. The first-order valence-electron chi connectivity index (χ1n) is 9.66. The van der Waals surface area contributed by atoms with Crippen LogP contribution in [0.15, 0.2) is 24.3 Å². The fourth-order valence-electron chi connectivity index (χ4n) is 4.36. The summed E-state index contributed by atoms with van der Waals surface area (Å²) in [5, 5.41) is 3.10. The van der Waals surface area contributed by atoms with Gasteiger partial charge in [0.25, 0.3) is 0 Å². The Morgan fingerprint density at radius 1 is 1.19 bits per heavy atom. The summed E-state index contributed by atoms with van der Waals surface area (Å²) in [5.74, 6) is -0.317. The number of likely N-dealkylation sites (tertiary alicyclic amines) is 1. The number of nitrogens with zero attached hydrogens (tertiary/aromatic N) is 2. The lowest BCUT2D eigenvalue weighted by Crippen LogP contribution is -2.58. The average Bonchev–Trinajstić information content (AvgIpc) is 3.18. The number of halogens is 1. The molecule has 3 aliphatic heterocycles. The normalized spacial score (nSPS) is 29.2. The molecule has 0 aromatic heterocycles. The van der Waals surface area contributed by atoms with Crippen molar-refractivity contribution in [1.29, 1.82) is 0 Å². The molecule has 0 spiro atoms. The lowest BCUT2D eigenvalue weighted by Gasteiger charge is -2.42. The van der Waals surface area contributed by atoms with E-state index in [1.165, 1.54) is 12.1 Å². The number of piperazine rings is 1. The molecule has 7 nitrogen and oxygen atoms in total. The van der Waals surface area contributed by atoms with E-state index in [0.29, 0.717) is 26.2 Å². The Balaban J connectivity index is 1.44. The lowest BCUT2D eigenvalue weighted by atomic mass is 9.92. The Labute approximate surface area is 158 Å². The Morgan fingerprint density at radius 2 is 2.00 bits per heavy atom. The number of carbonyl (C=O) groups excluding carboxylic acids is 2. The van der Waals surface area contributed by atoms with Crippen LogP contribution in [0.2, 0.25) is 0 Å². The van der Waals surface area contributed by atoms with Crippen LogP contribution >= 0.6 is 0 Å². The van der Waals surface area contributed by atoms with Crippen molar-refractivity contribution in [2.75, 3.05) is 39.3 Å². The number of nitrogens with one attached hydrogen (secondary N) is 3. The molecule has 146 valence electrons. The summed E-state index contributed by atoms with van der Waals surface area (Å²) in [4.78, 5) is 29.2. The predicted octanol–water partition coefficient (Wildman–Crippen LogP) is 0.0136. The van der Waals surface area contributed by atoms with E-state index in [0.717, 1.165) is 31.5 Å². The molecule has 3 N–H and O–H groups in total. The third-order valence-electron chi connectivity index (χ3n) is 5.80. The zero-order valence-electron chi connectivity index (χ0n) is 15.3. The number of rotatable bonds is 3. The Morgan fingerprint density at radius 3 is 2.78 bits per heavy atom. The van der Waals surface area contributed by atoms with Gasteiger partial charge in [-0.1, -0.05) is 12.1 Å². The second-order valence-corrected chi connectivity index (χ2v) is 7.51. The smallest absolute Gasteiger partial charge is 0.236 e. The van der Waals surface area contributed by atoms with Crippen molar-refractivity contribution in [1.82, 2.24) is 26.0 Å². The molecule has 3 heterocycles. The average molecular weight is 375 g/mol. The number of amides is 2. The summed E-state index contributed by atoms with van der Waals surface area (Å²) in [5.41, 5.74) is 7.12. The van der Waals surface area contributed by atoms with Crippen LogP contribution < -0.4 is 16.2 Å². The molecule has 2 amide bonds. The summed E-state index contributed by atoms with van der Waals surface area (Å²) in [6.07, 6.45) is 1.85. The van der Waals surface area contributed by atoms with Gasteiger partial charge >= 0.3 is 0 Å². The molecule has 3 unspecified atom stereocenters. The van der Waals surface area contributed by atoms with E-state index >= 15 is 0 Å². The van der Waals surface area contributed by atoms with Crippen molar-refractivity contribution >= 4 is 11.8 Å². The largest absolute Gasteiger partial charge is 0.340 e. The van der Waals surface area contributed by atoms with E-state index in [-0.39, 0.29) is 35.6 Å². The van der Waals surface area contributed by atoms with Gasteiger partial charge in [-0.25, -0.2) is 9.82 Å². The van der Waals surface area contributed by atoms with E-state index in [1.54, 1.807) is 12.1 Å². The van der Waals surface area contributed by atoms with Crippen molar-refractivity contribution < 1.29 is 14.0 Å². The maximum atomic E-state index is 13.2. The third-order valence-corrected chi connectivity index (χ3v) is 5.80. The molecule has 8 heteroatoms. The highest BCUT2D eigenvalue weighted by molar-refractivity contribution is 5.81. The first-order chi connectivity index (χ1) is 13.1. The van der Waals surface area contributed by atoms with E-state index in [2.05, 4.69) is 16.2 Å². The molecule has 0 bridgehead atoms. The maximum Gasteiger partial charge on any atom is 0.236 e. The number of hydrazine groups is 1. The number of benzene rings is 1. The highest BCUT2D eigenvalue weighted by Crippen LogP contribution is 2.28. The number of hydrogen-bond donors (Lipinski definition) is 3. The molecule has 1 aromatic rings. The van der Waals surface area contributed by atoms with Crippen LogP contribution in [0.5, 0.6) is 0 Å². The fraction of sp³-hybridized carbons (Fsp3) is 0.579. The molecule has 0 saturated carbocycles. The van der Waals surface area contributed by atoms with Gasteiger partial charge in [-0.15, -0.1) is 0 Å². The lowest BCUT2D eigenvalue weighted by molar-refractivity contribution is -0.142. The van der Waals surface area contributed by atoms with Crippen LogP contribution in [-0.4, -0.2) is 66.9 Å². The molecule has 1 aromatic carbocycles. The van der Waals surface area contributed by atoms with Crippen molar-refractivity contribution in [3.05, 3.63) is 35.6 Å². The number of hydrogen-bond acceptors (Lipinski definition) is 5. The van der Waals surface area contributed by atoms with Gasteiger partial charge in [0.2, 0.25) is 11.8 Å². The molecule has 0 aliphatic carbocycles. The molecule has 3 saturated heterocycles. The molecule has 3 aliphatic rings. The summed E-state index contributed by atoms with van der Waals surface area (Å²) in [6.45, 7) is 3.75. The SMILES string of the molecule is O=C(C1CNNC1c1ccc(F)cc1)N1CCCC(N2CCNCC2=O)C1. The van der Waals surface area contributed by atoms with E-state index in [4.69, 9.17) is 0 Å². The molecular weight excluding hydrogens is 349 g/mol. The van der Waals surface area contributed by atoms with E-state index in [1.807, 2.05) is 9.80 Å². The van der Waals surface area contributed by atoms with Crippen molar-refractivity contribution in [3.8, 4) is 0 Å². The Hall–Kier alpha value is -2.03. The maximum absolute atomic E-state index is 13.2. The van der Waals surface area contributed by atoms with Gasteiger partial charge in [0.1, 0.15) is 5.82 Å². The van der Waals surface area contributed by atoms with Gasteiger partial charge in [0.15, 0.2) is 0 Å². The topological polar surface area (TPSA) is 76.7 Å². The zero-order valence-corrected chi connectivity index (χ0v) is 15.3. The van der Waals surface area contributed by atoms with Gasteiger partial charge < -0.3 is 15.1 Å². The molecule has 3 atom stereocenters. The van der Waals surface area contributed by atoms with Gasteiger partial charge in [-0.2, -0.15) is 0 Å². The Bertz CT molecular complexity index is 698. The number of carbonyl (C=O) groups is 2. The minimum Gasteiger partial charge on any atom is -0.340 e. The highest BCUT2D eigenvalue weighted by Gasteiger charge is 2.39. The monoisotopic (exact) mass is 375 g/mol. The first-order valence-corrected chi connectivity index (χ1v) is 9.66. The van der Waals surface area contributed by atoms with E-state index < -0.39 is 0 Å². The van der Waals surface area contributed by atoms with Crippen LogP contribution in [0.1, 0.15) is 24.4 Å². The molecule has 4 rings (SSSR count). The summed E-state index contributed by atoms with van der Waals surface area (Å²) in [6, 6.07) is 6.20. The van der Waals surface area contributed by atoms with Crippen LogP contribution in [0.4, 0.5) is 4.39 Å². The fourth-order valence-corrected chi connectivity index (χ4v) is 4.36. The highest BCUT2D eigenvalue weighted by atomic mass is 19.1. The second kappa shape index (κ2) is 7.92. The van der Waals surface area contributed by atoms with Gasteiger partial charge in [-0.05, 0) is 30.5 Å². The van der Waals surface area contributed by atoms with Crippen LogP contribution in [-0.2, 0) is 9.59 Å². The first kappa shape index (κ1) is 18.3. The predicted molar refractivity (Wildman–Crippen MR) is 98.0 cm³/mol. The summed E-state index contributed by atoms with van der Waals surface area (Å²) < 4.78 is 13.2. The molecule has 3 fully saturated rings. The van der Waals surface area contributed by atoms with Crippen molar-refractivity contribution in [2.45, 2.75) is 24.9 Å². The Kier molecular flexibility index (Phi) is 5.38. The molecule has 27 heavy (non-hydrogen) atoms. The van der Waals surface area contributed by atoms with Gasteiger partial charge in [0, 0.05) is 38.8 Å². The zero-order chi connectivity index (χ0) is 18.8. The van der Waals surface area contributed by atoms with Crippen LogP contribution in [0.25, 0.3) is 0 Å². The van der Waals surface area contributed by atoms with Crippen LogP contribution in [0.3, 0.4) is 0 Å². The van der Waals surface area contributed by atoms with Gasteiger partial charge in [-0.3, -0.25) is 15.0 Å². The number of piperidine rings is 1. The van der Waals surface area contributed by atoms with Gasteiger partial charge in [0.05, 0.1) is 18.5 Å².